The lowest BCUT2D eigenvalue weighted by atomic mass is 9.80. The van der Waals surface area contributed by atoms with Gasteiger partial charge in [-0.25, -0.2) is 0 Å². The topological polar surface area (TPSA) is 95.9 Å². The number of hydrogen-bond donors (Lipinski definition) is 1. The highest BCUT2D eigenvalue weighted by Gasteiger charge is 2.41. The highest BCUT2D eigenvalue weighted by atomic mass is 16.7. The van der Waals surface area contributed by atoms with Crippen molar-refractivity contribution >= 4 is 5.78 Å². The molecule has 9 nitrogen and oxygen atoms in total. The van der Waals surface area contributed by atoms with Crippen molar-refractivity contribution in [3.63, 3.8) is 0 Å². The second-order valence-electron chi connectivity index (χ2n) is 12.9. The van der Waals surface area contributed by atoms with Gasteiger partial charge in [0.1, 0.15) is 47.0 Å². The van der Waals surface area contributed by atoms with E-state index in [4.69, 9.17) is 28.4 Å². The largest absolute Gasteiger partial charge is 0.507 e. The normalized spacial score (nSPS) is 25.0. The number of ether oxygens (including phenoxy) is 6. The molecule has 4 unspecified atom stereocenters. The Hall–Kier alpha value is -3.79. The molecular weight excluding hydrogens is 598 g/mol. The molecule has 3 aromatic rings. The van der Waals surface area contributed by atoms with Crippen LogP contribution in [0.25, 0.3) is 0 Å². The van der Waals surface area contributed by atoms with Gasteiger partial charge in [-0.05, 0) is 87.0 Å². The molecule has 4 aliphatic rings. The Balaban J connectivity index is 1.13. The minimum absolute atomic E-state index is 0.150. The lowest BCUT2D eigenvalue weighted by molar-refractivity contribution is -0.106. The molecule has 47 heavy (non-hydrogen) atoms. The zero-order valence-corrected chi connectivity index (χ0v) is 26.9. The summed E-state index contributed by atoms with van der Waals surface area (Å²) < 4.78 is 36.3. The van der Waals surface area contributed by atoms with Crippen LogP contribution in [0.1, 0.15) is 91.3 Å². The Labute approximate surface area is 276 Å². The number of hydrogen-bond acceptors (Lipinski definition) is 9. The zero-order chi connectivity index (χ0) is 32.0. The smallest absolute Gasteiger partial charge is 0.199 e. The third-order valence-corrected chi connectivity index (χ3v) is 9.52. The lowest BCUT2D eigenvalue weighted by Gasteiger charge is -2.34. The summed E-state index contributed by atoms with van der Waals surface area (Å²) in [6.07, 6.45) is 8.26. The first-order chi connectivity index (χ1) is 23.1. The van der Waals surface area contributed by atoms with Crippen molar-refractivity contribution in [2.45, 2.75) is 82.4 Å². The van der Waals surface area contributed by atoms with Gasteiger partial charge in [0.15, 0.2) is 18.4 Å². The minimum Gasteiger partial charge on any atom is -0.507 e. The molecule has 0 saturated carbocycles. The summed E-state index contributed by atoms with van der Waals surface area (Å²) in [5.41, 5.74) is 1.74. The number of likely N-dealkylation sites (tertiary alicyclic amines) is 1. The molecule has 4 heterocycles. The maximum Gasteiger partial charge on any atom is 0.199 e. The van der Waals surface area contributed by atoms with Crippen LogP contribution in [0.2, 0.25) is 0 Å². The number of phenolic OH excluding ortho intramolecular Hbond substituents is 1. The summed E-state index contributed by atoms with van der Waals surface area (Å²) >= 11 is 0. The van der Waals surface area contributed by atoms with Crippen LogP contribution in [0.4, 0.5) is 0 Å². The van der Waals surface area contributed by atoms with E-state index in [0.29, 0.717) is 37.1 Å². The molecule has 7 rings (SSSR count). The number of phenols is 1. The van der Waals surface area contributed by atoms with Crippen LogP contribution in [0, 0.1) is 0 Å². The van der Waals surface area contributed by atoms with Gasteiger partial charge in [0.05, 0.1) is 19.1 Å². The Morgan fingerprint density at radius 1 is 0.723 bits per heavy atom. The molecule has 9 heteroatoms. The molecule has 0 radical (unpaired) electrons. The van der Waals surface area contributed by atoms with Crippen molar-refractivity contribution in [2.75, 3.05) is 39.5 Å². The van der Waals surface area contributed by atoms with Gasteiger partial charge in [0.2, 0.25) is 0 Å². The molecule has 0 bridgehead atoms. The molecule has 4 atom stereocenters. The molecule has 0 amide bonds. The molecular formula is C38H45NO8. The quantitative estimate of drug-likeness (QED) is 0.247. The first-order valence-corrected chi connectivity index (χ1v) is 17.3. The van der Waals surface area contributed by atoms with Gasteiger partial charge in [0.25, 0.3) is 0 Å². The number of ketones is 1. The van der Waals surface area contributed by atoms with Crippen molar-refractivity contribution in [3.05, 3.63) is 77.4 Å². The average Bonchev–Trinajstić information content (AvgIpc) is 3.10. The number of aromatic hydroxyl groups is 1. The fourth-order valence-electron chi connectivity index (χ4n) is 6.96. The summed E-state index contributed by atoms with van der Waals surface area (Å²) in [7, 11) is 0. The fourth-order valence-corrected chi connectivity index (χ4v) is 6.96. The van der Waals surface area contributed by atoms with Crippen LogP contribution in [-0.2, 0) is 9.47 Å². The Morgan fingerprint density at radius 2 is 1.36 bits per heavy atom. The first kappa shape index (κ1) is 31.8. The van der Waals surface area contributed by atoms with Gasteiger partial charge in [-0.2, -0.15) is 0 Å². The van der Waals surface area contributed by atoms with Crippen LogP contribution in [0.15, 0.2) is 60.7 Å². The fraction of sp³-hybridized carbons (Fsp3) is 0.500. The minimum atomic E-state index is -0.701. The van der Waals surface area contributed by atoms with E-state index in [9.17, 15) is 9.90 Å². The number of benzene rings is 3. The molecule has 4 aliphatic heterocycles. The molecule has 1 N–H and O–H groups in total. The van der Waals surface area contributed by atoms with Crippen molar-refractivity contribution in [3.8, 4) is 28.7 Å². The van der Waals surface area contributed by atoms with Crippen LogP contribution < -0.4 is 18.9 Å². The predicted octanol–water partition coefficient (Wildman–Crippen LogP) is 7.17. The van der Waals surface area contributed by atoms with E-state index in [2.05, 4.69) is 4.90 Å². The Morgan fingerprint density at radius 3 is 2.02 bits per heavy atom. The van der Waals surface area contributed by atoms with Crippen LogP contribution >= 0.6 is 0 Å². The maximum absolute atomic E-state index is 14.3. The van der Waals surface area contributed by atoms with Gasteiger partial charge in [-0.1, -0.05) is 30.7 Å². The van der Waals surface area contributed by atoms with E-state index < -0.39 is 18.3 Å². The van der Waals surface area contributed by atoms with E-state index >= 15 is 0 Å². The van der Waals surface area contributed by atoms with Crippen LogP contribution in [-0.4, -0.2) is 67.8 Å². The van der Waals surface area contributed by atoms with Crippen LogP contribution in [0.5, 0.6) is 28.7 Å². The highest BCUT2D eigenvalue weighted by Crippen LogP contribution is 2.48. The van der Waals surface area contributed by atoms with Gasteiger partial charge in [0, 0.05) is 31.5 Å². The molecule has 3 fully saturated rings. The van der Waals surface area contributed by atoms with Gasteiger partial charge >= 0.3 is 0 Å². The van der Waals surface area contributed by atoms with Crippen molar-refractivity contribution in [1.82, 2.24) is 4.90 Å². The van der Waals surface area contributed by atoms with Gasteiger partial charge in [-0.3, -0.25) is 9.69 Å². The monoisotopic (exact) mass is 643 g/mol. The summed E-state index contributed by atoms with van der Waals surface area (Å²) in [6, 6.07) is 18.5. The third-order valence-electron chi connectivity index (χ3n) is 9.52. The number of piperidine rings is 1. The summed E-state index contributed by atoms with van der Waals surface area (Å²) in [6.45, 7) is 5.14. The molecule has 0 spiro atoms. The third kappa shape index (κ3) is 7.69. The number of rotatable bonds is 10. The summed E-state index contributed by atoms with van der Waals surface area (Å²) in [5.74, 6) is 1.06. The van der Waals surface area contributed by atoms with E-state index in [-0.39, 0.29) is 23.4 Å². The number of fused-ring (bicyclic) bond motifs is 1. The maximum atomic E-state index is 14.3. The summed E-state index contributed by atoms with van der Waals surface area (Å²) in [5, 5.41) is 11.1. The standard InChI is InChI=1S/C38H45NO8/c40-31-24-30(46-34-9-3-7-22-44-34)25-32-36(31)37(41)35(26-10-16-29(17-11-26)45-33-8-2-6-21-43-33)38(47-32)27-12-14-28(15-13-27)42-23-20-39-18-4-1-5-19-39/h10-17,24-25,33-35,38,40H,1-9,18-23H2. The van der Waals surface area contributed by atoms with Crippen molar-refractivity contribution < 1.29 is 38.3 Å². The summed E-state index contributed by atoms with van der Waals surface area (Å²) in [4.78, 5) is 16.7. The lowest BCUT2D eigenvalue weighted by Crippen LogP contribution is -2.33. The van der Waals surface area contributed by atoms with Crippen LogP contribution in [0.3, 0.4) is 0 Å². The predicted molar refractivity (Wildman–Crippen MR) is 176 cm³/mol. The van der Waals surface area contributed by atoms with Crippen molar-refractivity contribution in [1.29, 1.82) is 0 Å². The van der Waals surface area contributed by atoms with E-state index in [1.807, 2.05) is 48.5 Å². The average molecular weight is 644 g/mol. The second-order valence-corrected chi connectivity index (χ2v) is 12.9. The van der Waals surface area contributed by atoms with Gasteiger partial charge in [-0.15, -0.1) is 0 Å². The van der Waals surface area contributed by atoms with Crippen molar-refractivity contribution in [2.24, 2.45) is 0 Å². The van der Waals surface area contributed by atoms with E-state index in [1.165, 1.54) is 25.3 Å². The zero-order valence-electron chi connectivity index (χ0n) is 26.9. The molecule has 250 valence electrons. The Bertz CT molecular complexity index is 1470. The van der Waals surface area contributed by atoms with E-state index in [1.54, 1.807) is 6.07 Å². The molecule has 0 aromatic heterocycles. The Kier molecular flexibility index (Phi) is 10.1. The van der Waals surface area contributed by atoms with E-state index in [0.717, 1.165) is 75.0 Å². The number of carbonyl (C=O) groups excluding carboxylic acids is 1. The molecule has 3 saturated heterocycles. The molecule has 3 aromatic carbocycles. The number of carbonyl (C=O) groups is 1. The second kappa shape index (κ2) is 15.0. The highest BCUT2D eigenvalue weighted by molar-refractivity contribution is 6.07. The first-order valence-electron chi connectivity index (χ1n) is 17.3. The molecule has 0 aliphatic carbocycles. The number of Topliss-reactive ketones (excluding diaryl/α,β-unsaturated/α-hetero) is 1. The SMILES string of the molecule is O=C1c2c(O)cc(OC3CCCCO3)cc2OC(c2ccc(OCCN3CCCCC3)cc2)C1c1ccc(OC2CCCCO2)cc1. The number of nitrogens with zero attached hydrogens (tertiary/aromatic N) is 1. The van der Waals surface area contributed by atoms with Gasteiger partial charge < -0.3 is 33.5 Å².